The van der Waals surface area contributed by atoms with Crippen molar-refractivity contribution < 1.29 is 9.90 Å². The van der Waals surface area contributed by atoms with E-state index in [4.69, 9.17) is 5.11 Å². The van der Waals surface area contributed by atoms with Crippen LogP contribution in [0.25, 0.3) is 10.8 Å². The molecule has 0 saturated heterocycles. The maximum Gasteiger partial charge on any atom is 0.304 e. The monoisotopic (exact) mass is 285 g/mol. The molecule has 21 heavy (non-hydrogen) atoms. The second-order valence-electron chi connectivity index (χ2n) is 5.41. The third-order valence-corrected chi connectivity index (χ3v) is 3.74. The van der Waals surface area contributed by atoms with Gasteiger partial charge in [0.15, 0.2) is 0 Å². The van der Waals surface area contributed by atoms with Gasteiger partial charge in [-0.05, 0) is 29.3 Å². The molecule has 0 unspecified atom stereocenters. The summed E-state index contributed by atoms with van der Waals surface area (Å²) in [6.07, 6.45) is 2.43. The molecule has 0 aromatic heterocycles. The number of rotatable bonds is 8. The highest BCUT2D eigenvalue weighted by Crippen LogP contribution is 2.20. The van der Waals surface area contributed by atoms with Crippen molar-refractivity contribution in [3.63, 3.8) is 0 Å². The van der Waals surface area contributed by atoms with Crippen molar-refractivity contribution in [3.8, 4) is 0 Å². The maximum atomic E-state index is 10.8. The molecule has 0 aliphatic rings. The first-order chi connectivity index (χ1) is 10.2. The Morgan fingerprint density at radius 3 is 2.62 bits per heavy atom. The molecule has 2 aromatic rings. The van der Waals surface area contributed by atoms with Crippen LogP contribution in [-0.2, 0) is 11.3 Å². The van der Waals surface area contributed by atoms with E-state index in [1.807, 2.05) is 6.07 Å². The Hall–Kier alpha value is -1.87. The fraction of sp³-hybridized carbons (Fsp3) is 0.389. The molecule has 0 amide bonds. The summed E-state index contributed by atoms with van der Waals surface area (Å²) in [5.74, 6) is -0.727. The lowest BCUT2D eigenvalue weighted by molar-refractivity contribution is -0.137. The number of aliphatic carboxylic acids is 1. The van der Waals surface area contributed by atoms with E-state index in [1.54, 1.807) is 0 Å². The summed E-state index contributed by atoms with van der Waals surface area (Å²) in [7, 11) is 0. The first-order valence-corrected chi connectivity index (χ1v) is 7.61. The van der Waals surface area contributed by atoms with Gasteiger partial charge in [0, 0.05) is 13.1 Å². The molecule has 0 radical (unpaired) electrons. The minimum atomic E-state index is -0.727. The zero-order valence-corrected chi connectivity index (χ0v) is 12.6. The Morgan fingerprint density at radius 2 is 1.86 bits per heavy atom. The zero-order chi connectivity index (χ0) is 15.1. The summed E-state index contributed by atoms with van der Waals surface area (Å²) in [5, 5.41) is 11.4. The standard InChI is InChI=1S/C18H23NO2/c1-2-3-12-19(13-11-18(20)21)14-16-9-6-8-15-7-4-5-10-17(15)16/h4-10H,2-3,11-14H2,1H3,(H,20,21). The smallest absolute Gasteiger partial charge is 0.304 e. The Labute approximate surface area is 126 Å². The average molecular weight is 285 g/mol. The SMILES string of the molecule is CCCCN(CCC(=O)O)Cc1cccc2ccccc12. The number of nitrogens with zero attached hydrogens (tertiary/aromatic N) is 1. The quantitative estimate of drug-likeness (QED) is 0.799. The van der Waals surface area contributed by atoms with E-state index in [9.17, 15) is 4.79 Å². The minimum absolute atomic E-state index is 0.203. The van der Waals surface area contributed by atoms with E-state index in [1.165, 1.54) is 16.3 Å². The summed E-state index contributed by atoms with van der Waals surface area (Å²) in [4.78, 5) is 13.1. The molecule has 0 spiro atoms. The van der Waals surface area contributed by atoms with Gasteiger partial charge < -0.3 is 5.11 Å². The Morgan fingerprint density at radius 1 is 1.10 bits per heavy atom. The van der Waals surface area contributed by atoms with E-state index in [2.05, 4.69) is 48.2 Å². The molecule has 2 aromatic carbocycles. The molecule has 2 rings (SSSR count). The van der Waals surface area contributed by atoms with Crippen LogP contribution in [0.15, 0.2) is 42.5 Å². The number of carboxylic acids is 1. The zero-order valence-electron chi connectivity index (χ0n) is 12.6. The second kappa shape index (κ2) is 7.79. The average Bonchev–Trinajstić information content (AvgIpc) is 2.50. The van der Waals surface area contributed by atoms with Crippen LogP contribution in [0.5, 0.6) is 0 Å². The van der Waals surface area contributed by atoms with Gasteiger partial charge in [-0.1, -0.05) is 55.8 Å². The van der Waals surface area contributed by atoms with Crippen LogP contribution in [-0.4, -0.2) is 29.1 Å². The Kier molecular flexibility index (Phi) is 5.76. The van der Waals surface area contributed by atoms with Crippen molar-refractivity contribution in [1.29, 1.82) is 0 Å². The van der Waals surface area contributed by atoms with Crippen molar-refractivity contribution in [1.82, 2.24) is 4.90 Å². The summed E-state index contributed by atoms with van der Waals surface area (Å²) in [5.41, 5.74) is 1.27. The van der Waals surface area contributed by atoms with Crippen LogP contribution in [0.1, 0.15) is 31.7 Å². The fourth-order valence-electron chi connectivity index (χ4n) is 2.58. The molecule has 0 aliphatic heterocycles. The van der Waals surface area contributed by atoms with Crippen molar-refractivity contribution in [3.05, 3.63) is 48.0 Å². The van der Waals surface area contributed by atoms with Gasteiger partial charge in [0.05, 0.1) is 6.42 Å². The van der Waals surface area contributed by atoms with Crippen LogP contribution in [0.4, 0.5) is 0 Å². The topological polar surface area (TPSA) is 40.5 Å². The van der Waals surface area contributed by atoms with Crippen molar-refractivity contribution in [2.45, 2.75) is 32.7 Å². The van der Waals surface area contributed by atoms with Crippen molar-refractivity contribution >= 4 is 16.7 Å². The molecule has 3 nitrogen and oxygen atoms in total. The summed E-state index contributed by atoms with van der Waals surface area (Å²) in [6.45, 7) is 4.54. The lowest BCUT2D eigenvalue weighted by Gasteiger charge is -2.22. The van der Waals surface area contributed by atoms with E-state index in [0.29, 0.717) is 6.54 Å². The fourth-order valence-corrected chi connectivity index (χ4v) is 2.58. The van der Waals surface area contributed by atoms with Crippen molar-refractivity contribution in [2.75, 3.05) is 13.1 Å². The molecule has 0 aliphatic carbocycles. The van der Waals surface area contributed by atoms with Gasteiger partial charge >= 0.3 is 5.97 Å². The van der Waals surface area contributed by atoms with Crippen LogP contribution in [0, 0.1) is 0 Å². The first-order valence-electron chi connectivity index (χ1n) is 7.61. The predicted molar refractivity (Wildman–Crippen MR) is 86.4 cm³/mol. The summed E-state index contributed by atoms with van der Waals surface area (Å²) in [6, 6.07) is 14.7. The molecule has 0 bridgehead atoms. The van der Waals surface area contributed by atoms with Crippen LogP contribution < -0.4 is 0 Å². The highest BCUT2D eigenvalue weighted by molar-refractivity contribution is 5.85. The molecular weight excluding hydrogens is 262 g/mol. The molecule has 0 atom stereocenters. The molecular formula is C18H23NO2. The minimum Gasteiger partial charge on any atom is -0.481 e. The van der Waals surface area contributed by atoms with Crippen LogP contribution in [0.3, 0.4) is 0 Å². The van der Waals surface area contributed by atoms with Crippen LogP contribution in [0.2, 0.25) is 0 Å². The number of benzene rings is 2. The van der Waals surface area contributed by atoms with E-state index in [-0.39, 0.29) is 6.42 Å². The number of hydrogen-bond acceptors (Lipinski definition) is 2. The second-order valence-corrected chi connectivity index (χ2v) is 5.41. The summed E-state index contributed by atoms with van der Waals surface area (Å²) >= 11 is 0. The van der Waals surface area contributed by atoms with E-state index >= 15 is 0 Å². The largest absolute Gasteiger partial charge is 0.481 e. The normalized spacial score (nSPS) is 11.1. The Balaban J connectivity index is 2.15. The van der Waals surface area contributed by atoms with Gasteiger partial charge in [-0.15, -0.1) is 0 Å². The number of fused-ring (bicyclic) bond motifs is 1. The molecule has 0 fully saturated rings. The lowest BCUT2D eigenvalue weighted by atomic mass is 10.0. The molecule has 112 valence electrons. The van der Waals surface area contributed by atoms with Gasteiger partial charge in [-0.3, -0.25) is 9.69 Å². The van der Waals surface area contributed by atoms with Gasteiger partial charge in [0.2, 0.25) is 0 Å². The van der Waals surface area contributed by atoms with Gasteiger partial charge in [-0.25, -0.2) is 0 Å². The van der Waals surface area contributed by atoms with E-state index in [0.717, 1.165) is 25.9 Å². The van der Waals surface area contributed by atoms with Gasteiger partial charge in [0.1, 0.15) is 0 Å². The lowest BCUT2D eigenvalue weighted by Crippen LogP contribution is -2.27. The van der Waals surface area contributed by atoms with E-state index < -0.39 is 5.97 Å². The molecule has 3 heteroatoms. The van der Waals surface area contributed by atoms with Gasteiger partial charge in [-0.2, -0.15) is 0 Å². The maximum absolute atomic E-state index is 10.8. The Bertz CT molecular complexity index is 589. The molecule has 0 heterocycles. The first kappa shape index (κ1) is 15.5. The number of carbonyl (C=O) groups is 1. The highest BCUT2D eigenvalue weighted by Gasteiger charge is 2.10. The van der Waals surface area contributed by atoms with Crippen LogP contribution >= 0.6 is 0 Å². The number of hydrogen-bond donors (Lipinski definition) is 1. The number of unbranched alkanes of at least 4 members (excludes halogenated alkanes) is 1. The van der Waals surface area contributed by atoms with Crippen molar-refractivity contribution in [2.24, 2.45) is 0 Å². The molecule has 0 saturated carbocycles. The highest BCUT2D eigenvalue weighted by atomic mass is 16.4. The third-order valence-electron chi connectivity index (χ3n) is 3.74. The van der Waals surface area contributed by atoms with Gasteiger partial charge in [0.25, 0.3) is 0 Å². The predicted octanol–water partition coefficient (Wildman–Crippen LogP) is 3.92. The molecule has 1 N–H and O–H groups in total. The summed E-state index contributed by atoms with van der Waals surface area (Å²) < 4.78 is 0. The number of carboxylic acid groups (broad SMARTS) is 1. The third kappa shape index (κ3) is 4.57.